The number of hydrogen-bond donors (Lipinski definition) is 2. The quantitative estimate of drug-likeness (QED) is 0.421. The van der Waals surface area contributed by atoms with Crippen LogP contribution in [0.2, 0.25) is 0 Å². The second-order valence-corrected chi connectivity index (χ2v) is 5.68. The predicted molar refractivity (Wildman–Crippen MR) is 95.3 cm³/mol. The summed E-state index contributed by atoms with van der Waals surface area (Å²) in [5, 5.41) is 24.5. The van der Waals surface area contributed by atoms with Crippen molar-refractivity contribution < 1.29 is 10.3 Å². The maximum Gasteiger partial charge on any atom is 0.120 e. The van der Waals surface area contributed by atoms with E-state index in [4.69, 9.17) is 0 Å². The number of nitrogens with zero attached hydrogens (tertiary/aromatic N) is 1. The average molecular weight is 317 g/mol. The van der Waals surface area contributed by atoms with Crippen LogP contribution in [0.15, 0.2) is 96.2 Å². The molecule has 0 fully saturated rings. The topological polar surface area (TPSA) is 52.8 Å². The molecule has 0 bridgehead atoms. The van der Waals surface area contributed by atoms with E-state index in [1.165, 1.54) is 0 Å². The predicted octanol–water partition coefficient (Wildman–Crippen LogP) is 4.19. The minimum Gasteiger partial charge on any atom is -0.411 e. The molecule has 120 valence electrons. The Kier molecular flexibility index (Phi) is 4.73. The third kappa shape index (κ3) is 3.21. The standard InChI is InChI=1S/C21H19NO2/c23-21(18-12-6-2-7-13-18,19-14-8-3-9-15-19)16-20(22-24)17-10-4-1-5-11-17/h1-15,23-24H,16H2/b22-20+. The van der Waals surface area contributed by atoms with Crippen LogP contribution in [0.5, 0.6) is 0 Å². The number of oxime groups is 1. The van der Waals surface area contributed by atoms with E-state index in [0.29, 0.717) is 5.71 Å². The first kappa shape index (κ1) is 16.0. The molecule has 0 amide bonds. The lowest BCUT2D eigenvalue weighted by atomic mass is 9.81. The normalized spacial score (nSPS) is 12.1. The Labute approximate surface area is 141 Å². The molecule has 2 N–H and O–H groups in total. The maximum atomic E-state index is 11.5. The summed E-state index contributed by atoms with van der Waals surface area (Å²) in [6, 6.07) is 28.3. The molecule has 0 aromatic heterocycles. The van der Waals surface area contributed by atoms with Gasteiger partial charge in [0, 0.05) is 6.42 Å². The summed E-state index contributed by atoms with van der Waals surface area (Å²) in [5.74, 6) is 0. The van der Waals surface area contributed by atoms with Gasteiger partial charge in [-0.25, -0.2) is 0 Å². The van der Waals surface area contributed by atoms with Crippen molar-refractivity contribution in [2.24, 2.45) is 5.16 Å². The minimum atomic E-state index is -1.28. The summed E-state index contributed by atoms with van der Waals surface area (Å²) in [6.45, 7) is 0. The van der Waals surface area contributed by atoms with Gasteiger partial charge in [-0.1, -0.05) is 96.2 Å². The second kappa shape index (κ2) is 7.11. The molecule has 3 heteroatoms. The second-order valence-electron chi connectivity index (χ2n) is 5.68. The van der Waals surface area contributed by atoms with Gasteiger partial charge in [-0.2, -0.15) is 0 Å². The molecule has 3 aromatic rings. The van der Waals surface area contributed by atoms with Crippen LogP contribution in [0.1, 0.15) is 23.1 Å². The smallest absolute Gasteiger partial charge is 0.120 e. The summed E-state index contributed by atoms with van der Waals surface area (Å²) in [7, 11) is 0. The lowest BCUT2D eigenvalue weighted by Crippen LogP contribution is -2.31. The molecule has 3 rings (SSSR count). The molecule has 24 heavy (non-hydrogen) atoms. The minimum absolute atomic E-state index is 0.168. The van der Waals surface area contributed by atoms with Gasteiger partial charge in [-0.05, 0) is 16.7 Å². The third-order valence-electron chi connectivity index (χ3n) is 4.15. The highest BCUT2D eigenvalue weighted by Crippen LogP contribution is 2.34. The molecule has 0 aliphatic rings. The molecule has 0 aliphatic heterocycles. The van der Waals surface area contributed by atoms with Crippen molar-refractivity contribution >= 4 is 5.71 Å². The highest BCUT2D eigenvalue weighted by molar-refractivity contribution is 6.01. The van der Waals surface area contributed by atoms with Crippen molar-refractivity contribution in [3.63, 3.8) is 0 Å². The molecular weight excluding hydrogens is 298 g/mol. The van der Waals surface area contributed by atoms with Crippen LogP contribution in [0, 0.1) is 0 Å². The van der Waals surface area contributed by atoms with Gasteiger partial charge in [0.05, 0.1) is 5.71 Å². The van der Waals surface area contributed by atoms with E-state index in [9.17, 15) is 10.3 Å². The van der Waals surface area contributed by atoms with Gasteiger partial charge in [0.15, 0.2) is 0 Å². The van der Waals surface area contributed by atoms with E-state index in [-0.39, 0.29) is 6.42 Å². The van der Waals surface area contributed by atoms with Crippen LogP contribution in [0.25, 0.3) is 0 Å². The van der Waals surface area contributed by atoms with Crippen molar-refractivity contribution in [1.29, 1.82) is 0 Å². The SMILES string of the molecule is O/N=C(\CC(O)(c1ccccc1)c1ccccc1)c1ccccc1. The highest BCUT2D eigenvalue weighted by Gasteiger charge is 2.33. The van der Waals surface area contributed by atoms with Gasteiger partial charge in [-0.15, -0.1) is 0 Å². The largest absolute Gasteiger partial charge is 0.411 e. The van der Waals surface area contributed by atoms with Crippen LogP contribution >= 0.6 is 0 Å². The Balaban J connectivity index is 2.06. The van der Waals surface area contributed by atoms with Gasteiger partial charge in [0.25, 0.3) is 0 Å². The van der Waals surface area contributed by atoms with Crippen molar-refractivity contribution in [2.45, 2.75) is 12.0 Å². The van der Waals surface area contributed by atoms with E-state index < -0.39 is 5.60 Å². The van der Waals surface area contributed by atoms with Crippen LogP contribution in [-0.2, 0) is 5.60 Å². The highest BCUT2D eigenvalue weighted by atomic mass is 16.4. The summed E-state index contributed by atoms with van der Waals surface area (Å²) >= 11 is 0. The van der Waals surface area contributed by atoms with Crippen LogP contribution < -0.4 is 0 Å². The first-order valence-corrected chi connectivity index (χ1v) is 7.84. The van der Waals surface area contributed by atoms with E-state index in [1.807, 2.05) is 91.0 Å². The molecule has 0 aliphatic carbocycles. The summed E-state index contributed by atoms with van der Waals surface area (Å²) in [6.07, 6.45) is 0.168. The third-order valence-corrected chi connectivity index (χ3v) is 4.15. The number of hydrogen-bond acceptors (Lipinski definition) is 3. The zero-order valence-electron chi connectivity index (χ0n) is 13.2. The number of aliphatic hydroxyl groups is 1. The van der Waals surface area contributed by atoms with Gasteiger partial charge in [0.2, 0.25) is 0 Å². The van der Waals surface area contributed by atoms with E-state index in [2.05, 4.69) is 5.16 Å². The van der Waals surface area contributed by atoms with Crippen LogP contribution in [0.3, 0.4) is 0 Å². The Bertz CT molecular complexity index is 760. The van der Waals surface area contributed by atoms with Crippen molar-refractivity contribution in [3.05, 3.63) is 108 Å². The van der Waals surface area contributed by atoms with E-state index >= 15 is 0 Å². The van der Waals surface area contributed by atoms with Crippen molar-refractivity contribution in [2.75, 3.05) is 0 Å². The van der Waals surface area contributed by atoms with Gasteiger partial charge in [0.1, 0.15) is 5.60 Å². The van der Waals surface area contributed by atoms with Crippen molar-refractivity contribution in [3.8, 4) is 0 Å². The summed E-state index contributed by atoms with van der Waals surface area (Å²) < 4.78 is 0. The zero-order chi connectivity index (χ0) is 16.8. The number of rotatable bonds is 5. The summed E-state index contributed by atoms with van der Waals surface area (Å²) in [5.41, 5.74) is 1.46. The molecule has 0 heterocycles. The molecule has 0 saturated carbocycles. The molecule has 0 spiro atoms. The molecule has 0 saturated heterocycles. The van der Waals surface area contributed by atoms with Crippen molar-refractivity contribution in [1.82, 2.24) is 0 Å². The lowest BCUT2D eigenvalue weighted by Gasteiger charge is -2.29. The fraction of sp³-hybridized carbons (Fsp3) is 0.0952. The first-order chi connectivity index (χ1) is 11.7. The monoisotopic (exact) mass is 317 g/mol. The van der Waals surface area contributed by atoms with Crippen LogP contribution in [-0.4, -0.2) is 16.0 Å². The van der Waals surface area contributed by atoms with Gasteiger partial charge in [-0.3, -0.25) is 0 Å². The molecule has 3 aromatic carbocycles. The molecule has 3 nitrogen and oxygen atoms in total. The number of benzene rings is 3. The first-order valence-electron chi connectivity index (χ1n) is 7.84. The molecule has 0 unspecified atom stereocenters. The molecule has 0 atom stereocenters. The Morgan fingerprint density at radius 1 is 0.708 bits per heavy atom. The van der Waals surface area contributed by atoms with Crippen LogP contribution in [0.4, 0.5) is 0 Å². The lowest BCUT2D eigenvalue weighted by molar-refractivity contribution is 0.0881. The summed E-state index contributed by atoms with van der Waals surface area (Å²) in [4.78, 5) is 0. The van der Waals surface area contributed by atoms with E-state index in [0.717, 1.165) is 16.7 Å². The Morgan fingerprint density at radius 3 is 1.54 bits per heavy atom. The Morgan fingerprint density at radius 2 is 1.12 bits per heavy atom. The Hall–Kier alpha value is -2.91. The molecule has 0 radical (unpaired) electrons. The van der Waals surface area contributed by atoms with Gasteiger partial charge >= 0.3 is 0 Å². The zero-order valence-corrected chi connectivity index (χ0v) is 13.2. The van der Waals surface area contributed by atoms with E-state index in [1.54, 1.807) is 0 Å². The van der Waals surface area contributed by atoms with Gasteiger partial charge < -0.3 is 10.3 Å². The molecular formula is C21H19NO2. The average Bonchev–Trinajstić information content (AvgIpc) is 2.68. The fourth-order valence-corrected chi connectivity index (χ4v) is 2.87. The maximum absolute atomic E-state index is 11.5. The fourth-order valence-electron chi connectivity index (χ4n) is 2.87.